The lowest BCUT2D eigenvalue weighted by Crippen LogP contribution is -2.12. The second kappa shape index (κ2) is 19.8. The molecular formula is C76H62N2O. The smallest absolute Gasteiger partial charge is 0.136 e. The maximum atomic E-state index is 6.92. The van der Waals surface area contributed by atoms with Gasteiger partial charge in [0.05, 0.1) is 11.4 Å². The number of rotatable bonds is 10. The van der Waals surface area contributed by atoms with Gasteiger partial charge in [-0.1, -0.05) is 224 Å². The van der Waals surface area contributed by atoms with Crippen LogP contribution in [0.1, 0.15) is 52.7 Å². The number of nitrogens with zero attached hydrogens (tertiary/aromatic N) is 2. The number of fused-ring (bicyclic) bond motifs is 5. The molecule has 0 saturated carbocycles. The van der Waals surface area contributed by atoms with E-state index in [1.807, 2.05) is 0 Å². The minimum Gasteiger partial charge on any atom is -0.456 e. The Labute approximate surface area is 464 Å². The van der Waals surface area contributed by atoms with Crippen molar-refractivity contribution in [1.82, 2.24) is 0 Å². The molecule has 0 N–H and O–H groups in total. The fraction of sp³-hybridized carbons (Fsp3) is 0.105. The first-order valence-electron chi connectivity index (χ1n) is 27.5. The van der Waals surface area contributed by atoms with Gasteiger partial charge in [0, 0.05) is 44.6 Å². The van der Waals surface area contributed by atoms with E-state index in [4.69, 9.17) is 4.42 Å². The lowest BCUT2D eigenvalue weighted by molar-refractivity contribution is 0.590. The van der Waals surface area contributed by atoms with Crippen molar-refractivity contribution >= 4 is 77.6 Å². The van der Waals surface area contributed by atoms with Crippen LogP contribution in [-0.4, -0.2) is 0 Å². The molecule has 0 atom stereocenters. The first kappa shape index (κ1) is 49.2. The fourth-order valence-electron chi connectivity index (χ4n) is 11.4. The Balaban J connectivity index is 0.916. The molecule has 13 rings (SSSR count). The Morgan fingerprint density at radius 3 is 1.13 bits per heavy atom. The van der Waals surface area contributed by atoms with Gasteiger partial charge in [0.1, 0.15) is 11.2 Å². The van der Waals surface area contributed by atoms with Gasteiger partial charge in [0.2, 0.25) is 0 Å². The molecule has 1 heterocycles. The molecule has 1 aromatic heterocycles. The quantitative estimate of drug-likeness (QED) is 0.136. The molecule has 0 spiro atoms. The Morgan fingerprint density at radius 2 is 0.646 bits per heavy atom. The highest BCUT2D eigenvalue weighted by Crippen LogP contribution is 2.46. The Morgan fingerprint density at radius 1 is 0.266 bits per heavy atom. The number of hydrogen-bond donors (Lipinski definition) is 0. The maximum Gasteiger partial charge on any atom is 0.136 e. The number of benzene rings is 12. The lowest BCUT2D eigenvalue weighted by Gasteiger charge is -2.29. The fourth-order valence-corrected chi connectivity index (χ4v) is 11.4. The first-order chi connectivity index (χ1) is 38.4. The van der Waals surface area contributed by atoms with E-state index in [0.29, 0.717) is 0 Å². The summed E-state index contributed by atoms with van der Waals surface area (Å²) in [6.45, 7) is 13.6. The molecule has 0 aliphatic heterocycles. The van der Waals surface area contributed by atoms with Gasteiger partial charge in [-0.15, -0.1) is 0 Å². The molecular weight excluding hydrogens is 957 g/mol. The summed E-state index contributed by atoms with van der Waals surface area (Å²) in [4.78, 5) is 4.81. The van der Waals surface area contributed by atoms with Crippen LogP contribution in [-0.2, 0) is 10.8 Å². The summed E-state index contributed by atoms with van der Waals surface area (Å²) in [6, 6.07) is 97.6. The van der Waals surface area contributed by atoms with E-state index in [0.717, 1.165) is 94.3 Å². The average molecular weight is 1020 g/mol. The summed E-state index contributed by atoms with van der Waals surface area (Å²) < 4.78 is 6.92. The third kappa shape index (κ3) is 9.53. The molecule has 3 nitrogen and oxygen atoms in total. The second-order valence-corrected chi connectivity index (χ2v) is 23.1. The van der Waals surface area contributed by atoms with Gasteiger partial charge < -0.3 is 14.2 Å². The molecule has 0 aliphatic carbocycles. The van der Waals surface area contributed by atoms with Crippen LogP contribution >= 0.6 is 0 Å². The van der Waals surface area contributed by atoms with E-state index in [-0.39, 0.29) is 10.8 Å². The van der Waals surface area contributed by atoms with Crippen molar-refractivity contribution in [3.8, 4) is 44.5 Å². The van der Waals surface area contributed by atoms with Crippen LogP contribution in [0.2, 0.25) is 0 Å². The predicted molar refractivity (Wildman–Crippen MR) is 337 cm³/mol. The van der Waals surface area contributed by atoms with Crippen LogP contribution in [0.5, 0.6) is 0 Å². The van der Waals surface area contributed by atoms with E-state index in [2.05, 4.69) is 318 Å². The zero-order valence-electron chi connectivity index (χ0n) is 45.7. The van der Waals surface area contributed by atoms with Crippen molar-refractivity contribution in [1.29, 1.82) is 0 Å². The Hall–Kier alpha value is -9.44. The van der Waals surface area contributed by atoms with Crippen molar-refractivity contribution in [2.45, 2.75) is 52.4 Å². The first-order valence-corrected chi connectivity index (χ1v) is 27.5. The van der Waals surface area contributed by atoms with Crippen LogP contribution in [0.3, 0.4) is 0 Å². The van der Waals surface area contributed by atoms with E-state index < -0.39 is 0 Å². The third-order valence-electron chi connectivity index (χ3n) is 15.7. The van der Waals surface area contributed by atoms with Gasteiger partial charge in [-0.25, -0.2) is 0 Å². The molecule has 13 aromatic rings. The molecule has 79 heavy (non-hydrogen) atoms. The van der Waals surface area contributed by atoms with Crippen LogP contribution in [0.4, 0.5) is 34.1 Å². The molecule has 382 valence electrons. The van der Waals surface area contributed by atoms with Gasteiger partial charge in [0.25, 0.3) is 0 Å². The van der Waals surface area contributed by atoms with Crippen molar-refractivity contribution in [2.75, 3.05) is 9.80 Å². The molecule has 0 aliphatic rings. The summed E-state index contributed by atoms with van der Waals surface area (Å²) in [5.74, 6) is 0. The van der Waals surface area contributed by atoms with Crippen molar-refractivity contribution < 1.29 is 4.42 Å². The zero-order chi connectivity index (χ0) is 53.8. The van der Waals surface area contributed by atoms with E-state index >= 15 is 0 Å². The normalized spacial score (nSPS) is 11.9. The van der Waals surface area contributed by atoms with Crippen molar-refractivity contribution in [3.05, 3.63) is 278 Å². The predicted octanol–water partition coefficient (Wildman–Crippen LogP) is 22.1. The van der Waals surface area contributed by atoms with Gasteiger partial charge in [-0.2, -0.15) is 0 Å². The summed E-state index contributed by atoms with van der Waals surface area (Å²) in [6.07, 6.45) is 0. The standard InChI is InChI=1S/C76H62N2O/c1-75(2,3)61-36-28-54(29-37-61)67-24-13-15-26-71(67)77(63-40-32-53(33-41-63)51-18-9-7-10-19-51)65-42-34-57-47-69-70-48-58-35-43-66(46-60(58)50-74(70)79-73(69)49-59(57)45-65)78(64-23-17-22-56(44-64)52-20-11-8-12-21-52)72-27-16-14-25-68(72)55-30-38-62(39-31-55)76(4,5)6/h7-50H,1-6H3. The maximum absolute atomic E-state index is 6.92. The third-order valence-corrected chi connectivity index (χ3v) is 15.7. The van der Waals surface area contributed by atoms with E-state index in [1.54, 1.807) is 0 Å². The average Bonchev–Trinajstić information content (AvgIpc) is 3.95. The molecule has 0 unspecified atom stereocenters. The van der Waals surface area contributed by atoms with Gasteiger partial charge >= 0.3 is 0 Å². The summed E-state index contributed by atoms with van der Waals surface area (Å²) in [5, 5.41) is 6.72. The molecule has 3 heteroatoms. The molecule has 12 aromatic carbocycles. The zero-order valence-corrected chi connectivity index (χ0v) is 45.7. The molecule has 0 bridgehead atoms. The monoisotopic (exact) mass is 1020 g/mol. The highest BCUT2D eigenvalue weighted by Gasteiger charge is 2.23. The summed E-state index contributed by atoms with van der Waals surface area (Å²) >= 11 is 0. The molecule has 0 fully saturated rings. The molecule has 0 radical (unpaired) electrons. The number of hydrogen-bond acceptors (Lipinski definition) is 3. The summed E-state index contributed by atoms with van der Waals surface area (Å²) in [5.41, 5.74) is 20.4. The Bertz CT molecular complexity index is 4350. The highest BCUT2D eigenvalue weighted by molar-refractivity contribution is 6.14. The summed E-state index contributed by atoms with van der Waals surface area (Å²) in [7, 11) is 0. The van der Waals surface area contributed by atoms with Crippen molar-refractivity contribution in [2.24, 2.45) is 0 Å². The Kier molecular flexibility index (Phi) is 12.4. The van der Waals surface area contributed by atoms with E-state index in [9.17, 15) is 0 Å². The van der Waals surface area contributed by atoms with Gasteiger partial charge in [-0.3, -0.25) is 0 Å². The minimum atomic E-state index is 0.0578. The van der Waals surface area contributed by atoms with Crippen molar-refractivity contribution in [3.63, 3.8) is 0 Å². The topological polar surface area (TPSA) is 19.6 Å². The highest BCUT2D eigenvalue weighted by atomic mass is 16.3. The van der Waals surface area contributed by atoms with Crippen LogP contribution in [0.25, 0.3) is 88.0 Å². The lowest BCUT2D eigenvalue weighted by atomic mass is 9.86. The van der Waals surface area contributed by atoms with Crippen LogP contribution in [0.15, 0.2) is 271 Å². The van der Waals surface area contributed by atoms with Gasteiger partial charge in [-0.05, 0) is 162 Å². The van der Waals surface area contributed by atoms with Crippen LogP contribution < -0.4 is 9.80 Å². The number of furan rings is 1. The van der Waals surface area contributed by atoms with E-state index in [1.165, 1.54) is 38.9 Å². The SMILES string of the molecule is CC(C)(C)c1ccc(-c2ccccc2N(c2ccc(-c3ccccc3)cc2)c2ccc3cc4c(cc3c2)oc2cc3cc(N(c5cccc(-c6ccccc6)c5)c5ccccc5-c5ccc(C(C)(C)C)cc5)ccc3cc24)cc1. The second-order valence-electron chi connectivity index (χ2n) is 23.1. The van der Waals surface area contributed by atoms with Crippen LogP contribution in [0, 0.1) is 0 Å². The minimum absolute atomic E-state index is 0.0578. The largest absolute Gasteiger partial charge is 0.456 e. The molecule has 0 saturated heterocycles. The number of anilines is 6. The number of para-hydroxylation sites is 2. The molecule has 0 amide bonds. The van der Waals surface area contributed by atoms with Gasteiger partial charge in [0.15, 0.2) is 0 Å².